The lowest BCUT2D eigenvalue weighted by Gasteiger charge is -2.20. The van der Waals surface area contributed by atoms with E-state index in [2.05, 4.69) is 4.98 Å². The van der Waals surface area contributed by atoms with Crippen LogP contribution in [0.25, 0.3) is 0 Å². The monoisotopic (exact) mass is 410 g/mol. The van der Waals surface area contributed by atoms with Crippen molar-refractivity contribution in [2.45, 2.75) is 26.4 Å². The third-order valence-corrected chi connectivity index (χ3v) is 5.09. The summed E-state index contributed by atoms with van der Waals surface area (Å²) < 4.78 is 10.7. The molecule has 3 rings (SSSR count). The largest absolute Gasteiger partial charge is 0.495 e. The smallest absolute Gasteiger partial charge is 0.306 e. The third-order valence-electron chi connectivity index (χ3n) is 4.21. The summed E-state index contributed by atoms with van der Waals surface area (Å²) in [6, 6.07) is 17.0. The highest BCUT2D eigenvalue weighted by Crippen LogP contribution is 2.35. The molecule has 150 valence electrons. The predicted molar refractivity (Wildman–Crippen MR) is 112 cm³/mol. The second-order valence-corrected chi connectivity index (χ2v) is 7.13. The van der Waals surface area contributed by atoms with Crippen LogP contribution >= 0.6 is 11.3 Å². The molecule has 1 heterocycles. The first-order chi connectivity index (χ1) is 14.1. The first kappa shape index (κ1) is 20.5. The van der Waals surface area contributed by atoms with Crippen molar-refractivity contribution in [2.24, 2.45) is 0 Å². The normalized spacial score (nSPS) is 10.4. The summed E-state index contributed by atoms with van der Waals surface area (Å²) in [5.41, 5.74) is 2.30. The van der Waals surface area contributed by atoms with Crippen LogP contribution in [-0.4, -0.2) is 24.0 Å². The average molecular weight is 410 g/mol. The maximum Gasteiger partial charge on any atom is 0.306 e. The number of carbonyl (C=O) groups excluding carboxylic acids is 2. The molecular formula is C22H22N2O4S. The summed E-state index contributed by atoms with van der Waals surface area (Å²) in [4.78, 5) is 30.2. The Morgan fingerprint density at radius 3 is 2.52 bits per heavy atom. The average Bonchev–Trinajstić information content (AvgIpc) is 3.20. The molecule has 0 unspecified atom stereocenters. The molecule has 0 bridgehead atoms. The van der Waals surface area contributed by atoms with Crippen molar-refractivity contribution in [1.82, 2.24) is 4.98 Å². The van der Waals surface area contributed by atoms with Crippen LogP contribution in [0.15, 0.2) is 60.0 Å². The Morgan fingerprint density at radius 2 is 1.79 bits per heavy atom. The summed E-state index contributed by atoms with van der Waals surface area (Å²) in [7, 11) is 1.55. The quantitative estimate of drug-likeness (QED) is 0.511. The van der Waals surface area contributed by atoms with Gasteiger partial charge in [0.25, 0.3) is 0 Å². The van der Waals surface area contributed by atoms with Crippen LogP contribution in [0.3, 0.4) is 0 Å². The van der Waals surface area contributed by atoms with E-state index in [-0.39, 0.29) is 18.5 Å². The number of rotatable bonds is 8. The number of amides is 1. The Balaban J connectivity index is 1.63. The van der Waals surface area contributed by atoms with Crippen LogP contribution in [0.1, 0.15) is 24.6 Å². The van der Waals surface area contributed by atoms with Gasteiger partial charge in [0, 0.05) is 18.7 Å². The van der Waals surface area contributed by atoms with E-state index in [0.717, 1.165) is 5.56 Å². The number of anilines is 2. The van der Waals surface area contributed by atoms with E-state index in [0.29, 0.717) is 35.1 Å². The molecule has 3 aromatic rings. The van der Waals surface area contributed by atoms with Gasteiger partial charge in [0.05, 0.1) is 18.5 Å². The molecule has 7 heteroatoms. The van der Waals surface area contributed by atoms with E-state index >= 15 is 0 Å². The van der Waals surface area contributed by atoms with Crippen molar-refractivity contribution in [3.05, 3.63) is 71.2 Å². The standard InChI is InChI=1S/C22H22N2O4S/c1-16(25)24(19-10-6-7-11-20(19)27-2)22-23-18(15-29-22)14-28-21(26)13-12-17-8-4-3-5-9-17/h3-11,15H,12-14H2,1-2H3. The van der Waals surface area contributed by atoms with Crippen LogP contribution in [0.4, 0.5) is 10.8 Å². The van der Waals surface area contributed by atoms with Crippen molar-refractivity contribution in [3.63, 3.8) is 0 Å². The van der Waals surface area contributed by atoms with E-state index in [1.54, 1.807) is 24.6 Å². The molecule has 0 atom stereocenters. The highest BCUT2D eigenvalue weighted by molar-refractivity contribution is 7.14. The van der Waals surface area contributed by atoms with Gasteiger partial charge in [0.15, 0.2) is 5.13 Å². The fourth-order valence-electron chi connectivity index (χ4n) is 2.80. The summed E-state index contributed by atoms with van der Waals surface area (Å²) in [6.07, 6.45) is 0.940. The minimum Gasteiger partial charge on any atom is -0.495 e. The number of ether oxygens (including phenoxy) is 2. The van der Waals surface area contributed by atoms with Crippen LogP contribution < -0.4 is 9.64 Å². The molecule has 0 aliphatic heterocycles. The number of hydrogen-bond donors (Lipinski definition) is 0. The lowest BCUT2D eigenvalue weighted by atomic mass is 10.1. The maximum atomic E-state index is 12.3. The SMILES string of the molecule is COc1ccccc1N(C(C)=O)c1nc(COC(=O)CCc2ccccc2)cs1. The van der Waals surface area contributed by atoms with Gasteiger partial charge in [-0.15, -0.1) is 11.3 Å². The lowest BCUT2D eigenvalue weighted by molar-refractivity contribution is -0.145. The van der Waals surface area contributed by atoms with Gasteiger partial charge in [-0.3, -0.25) is 14.5 Å². The van der Waals surface area contributed by atoms with Crippen molar-refractivity contribution in [3.8, 4) is 5.75 Å². The van der Waals surface area contributed by atoms with Gasteiger partial charge in [-0.1, -0.05) is 42.5 Å². The molecule has 0 spiro atoms. The molecule has 0 radical (unpaired) electrons. The zero-order valence-electron chi connectivity index (χ0n) is 16.3. The number of esters is 1. The van der Waals surface area contributed by atoms with Crippen molar-refractivity contribution >= 4 is 34.0 Å². The number of methoxy groups -OCH3 is 1. The Kier molecular flexibility index (Phi) is 6.97. The van der Waals surface area contributed by atoms with Gasteiger partial charge in [-0.25, -0.2) is 4.98 Å². The number of para-hydroxylation sites is 2. The summed E-state index contributed by atoms with van der Waals surface area (Å²) in [5.74, 6) is 0.110. The van der Waals surface area contributed by atoms with Crippen LogP contribution in [0.5, 0.6) is 5.75 Å². The number of hydrogen-bond acceptors (Lipinski definition) is 6. The van der Waals surface area contributed by atoms with Gasteiger partial charge in [-0.2, -0.15) is 0 Å². The van der Waals surface area contributed by atoms with Crippen LogP contribution in [0, 0.1) is 0 Å². The topological polar surface area (TPSA) is 68.7 Å². The molecule has 1 amide bonds. The van der Waals surface area contributed by atoms with Crippen molar-refractivity contribution < 1.29 is 19.1 Å². The predicted octanol–water partition coefficient (Wildman–Crippen LogP) is 4.51. The number of carbonyl (C=O) groups is 2. The Labute approximate surface area is 173 Å². The van der Waals surface area contributed by atoms with Gasteiger partial charge < -0.3 is 9.47 Å². The first-order valence-corrected chi connectivity index (χ1v) is 10.0. The highest BCUT2D eigenvalue weighted by atomic mass is 32.1. The van der Waals surface area contributed by atoms with E-state index in [1.807, 2.05) is 42.5 Å². The van der Waals surface area contributed by atoms with Gasteiger partial charge in [-0.05, 0) is 24.1 Å². The van der Waals surface area contributed by atoms with Crippen molar-refractivity contribution in [2.75, 3.05) is 12.0 Å². The minimum atomic E-state index is -0.281. The molecule has 0 N–H and O–H groups in total. The number of benzene rings is 2. The number of nitrogens with zero attached hydrogens (tertiary/aromatic N) is 2. The van der Waals surface area contributed by atoms with Gasteiger partial charge >= 0.3 is 5.97 Å². The highest BCUT2D eigenvalue weighted by Gasteiger charge is 2.21. The summed E-state index contributed by atoms with van der Waals surface area (Å²) >= 11 is 1.31. The number of aryl methyl sites for hydroxylation is 1. The van der Waals surface area contributed by atoms with E-state index < -0.39 is 0 Å². The Hall–Kier alpha value is -3.19. The zero-order valence-corrected chi connectivity index (χ0v) is 17.1. The fourth-order valence-corrected chi connectivity index (χ4v) is 3.67. The maximum absolute atomic E-state index is 12.3. The van der Waals surface area contributed by atoms with E-state index in [9.17, 15) is 9.59 Å². The van der Waals surface area contributed by atoms with E-state index in [1.165, 1.54) is 23.2 Å². The third kappa shape index (κ3) is 5.42. The molecule has 0 aliphatic carbocycles. The number of thiazole rings is 1. The minimum absolute atomic E-state index is 0.0712. The summed E-state index contributed by atoms with van der Waals surface area (Å²) in [6.45, 7) is 1.54. The molecule has 0 aliphatic rings. The van der Waals surface area contributed by atoms with Gasteiger partial charge in [0.1, 0.15) is 12.4 Å². The molecule has 6 nitrogen and oxygen atoms in total. The Bertz CT molecular complexity index is 972. The molecule has 1 aromatic heterocycles. The van der Waals surface area contributed by atoms with Crippen LogP contribution in [0.2, 0.25) is 0 Å². The second-order valence-electron chi connectivity index (χ2n) is 6.29. The molecule has 0 saturated heterocycles. The molecule has 0 saturated carbocycles. The number of aromatic nitrogens is 1. The zero-order chi connectivity index (χ0) is 20.6. The fraction of sp³-hybridized carbons (Fsp3) is 0.227. The Morgan fingerprint density at radius 1 is 1.07 bits per heavy atom. The molecular weight excluding hydrogens is 388 g/mol. The molecule has 29 heavy (non-hydrogen) atoms. The molecule has 0 fully saturated rings. The summed E-state index contributed by atoms with van der Waals surface area (Å²) in [5, 5.41) is 2.28. The van der Waals surface area contributed by atoms with Crippen LogP contribution in [-0.2, 0) is 27.4 Å². The lowest BCUT2D eigenvalue weighted by Crippen LogP contribution is -2.23. The van der Waals surface area contributed by atoms with Crippen molar-refractivity contribution in [1.29, 1.82) is 0 Å². The first-order valence-electron chi connectivity index (χ1n) is 9.16. The van der Waals surface area contributed by atoms with Gasteiger partial charge in [0.2, 0.25) is 5.91 Å². The molecule has 2 aromatic carbocycles. The van der Waals surface area contributed by atoms with E-state index in [4.69, 9.17) is 9.47 Å². The second kappa shape index (κ2) is 9.84.